The molecule has 13 heteroatoms. The highest BCUT2D eigenvalue weighted by molar-refractivity contribution is 5.81. The number of hydrogen-bond acceptors (Lipinski definition) is 11. The van der Waals surface area contributed by atoms with Crippen LogP contribution in [0, 0.1) is 5.92 Å². The fourth-order valence-electron chi connectivity index (χ4n) is 6.28. The average Bonchev–Trinajstić information content (AvgIpc) is 3.71. The number of nitrogens with one attached hydrogen (secondary N) is 2. The van der Waals surface area contributed by atoms with E-state index in [9.17, 15) is 15.3 Å². The molecule has 2 atom stereocenters. The van der Waals surface area contributed by atoms with Crippen molar-refractivity contribution in [3.05, 3.63) is 42.2 Å². The molecule has 13 nitrogen and oxygen atoms in total. The van der Waals surface area contributed by atoms with Crippen LogP contribution < -0.4 is 11.2 Å². The molecular weight excluding hydrogens is 538 g/mol. The van der Waals surface area contributed by atoms with Gasteiger partial charge in [-0.1, -0.05) is 6.07 Å². The van der Waals surface area contributed by atoms with Gasteiger partial charge in [0.25, 0.3) is 0 Å². The number of anilines is 1. The lowest BCUT2D eigenvalue weighted by atomic mass is 9.77. The van der Waals surface area contributed by atoms with E-state index < -0.39 is 5.41 Å². The van der Waals surface area contributed by atoms with Gasteiger partial charge >= 0.3 is 0 Å². The van der Waals surface area contributed by atoms with Crippen molar-refractivity contribution >= 4 is 28.0 Å². The molecule has 4 heterocycles. The molecule has 0 spiro atoms. The van der Waals surface area contributed by atoms with Crippen LogP contribution in [-0.2, 0) is 16.6 Å². The molecule has 0 bridgehead atoms. The smallest absolute Gasteiger partial charge is 0.167 e. The number of H-pyrrole nitrogens is 1. The van der Waals surface area contributed by atoms with Crippen LogP contribution in [0.4, 0.5) is 5.82 Å². The molecule has 1 aliphatic carbocycles. The lowest BCUT2D eigenvalue weighted by Crippen LogP contribution is -2.57. The molecule has 1 aliphatic heterocycles. The number of hydrazine groups is 1. The number of aromatic amines is 1. The van der Waals surface area contributed by atoms with Crippen molar-refractivity contribution in [1.82, 2.24) is 39.9 Å². The van der Waals surface area contributed by atoms with E-state index in [-0.39, 0.29) is 32.3 Å². The fourth-order valence-corrected chi connectivity index (χ4v) is 6.28. The van der Waals surface area contributed by atoms with Crippen LogP contribution in [0.1, 0.15) is 63.6 Å². The number of rotatable bonds is 12. The van der Waals surface area contributed by atoms with Crippen LogP contribution in [0.15, 0.2) is 30.9 Å². The van der Waals surface area contributed by atoms with Crippen LogP contribution in [0.3, 0.4) is 0 Å². The third-order valence-corrected chi connectivity index (χ3v) is 8.99. The van der Waals surface area contributed by atoms with Gasteiger partial charge in [0.1, 0.15) is 30.1 Å². The Balaban J connectivity index is 1.02. The number of ether oxygens (including phenoxy) is 1. The van der Waals surface area contributed by atoms with Gasteiger partial charge in [-0.2, -0.15) is 0 Å². The summed E-state index contributed by atoms with van der Waals surface area (Å²) in [5.74, 6) is 1.92. The monoisotopic (exact) mass is 579 g/mol. The van der Waals surface area contributed by atoms with Gasteiger partial charge in [0.05, 0.1) is 42.6 Å². The second kappa shape index (κ2) is 11.8. The summed E-state index contributed by atoms with van der Waals surface area (Å²) in [6, 6.07) is 6.33. The van der Waals surface area contributed by atoms with E-state index in [4.69, 9.17) is 15.5 Å². The first kappa shape index (κ1) is 28.9. The van der Waals surface area contributed by atoms with Crippen molar-refractivity contribution in [3.63, 3.8) is 0 Å². The Morgan fingerprint density at radius 3 is 2.67 bits per heavy atom. The van der Waals surface area contributed by atoms with Crippen molar-refractivity contribution in [3.8, 4) is 0 Å². The number of nitrogen functional groups attached to an aromatic ring is 1. The minimum absolute atomic E-state index is 0.0882. The third-order valence-electron chi connectivity index (χ3n) is 8.99. The molecule has 2 fully saturated rings. The van der Waals surface area contributed by atoms with Crippen molar-refractivity contribution < 1.29 is 20.1 Å². The van der Waals surface area contributed by atoms with Crippen LogP contribution in [-0.4, -0.2) is 87.9 Å². The molecule has 0 radical (unpaired) electrons. The number of aliphatic hydroxyl groups excluding tert-OH is 3. The number of aliphatic hydroxyl groups is 3. The summed E-state index contributed by atoms with van der Waals surface area (Å²) in [5, 5.41) is 31.7. The van der Waals surface area contributed by atoms with E-state index in [0.717, 1.165) is 55.4 Å². The third kappa shape index (κ3) is 5.36. The topological polar surface area (TPSA) is 183 Å². The number of imidazole rings is 2. The number of benzene rings is 1. The Bertz CT molecular complexity index is 1500. The van der Waals surface area contributed by atoms with Crippen molar-refractivity contribution in [1.29, 1.82) is 0 Å². The molecule has 3 aromatic heterocycles. The number of hydrogen-bond donors (Lipinski definition) is 6. The Morgan fingerprint density at radius 1 is 1.14 bits per heavy atom. The Labute approximate surface area is 244 Å². The standard InChI is InChI=1S/C29H41N9O4/c1-17(2)38(36-24-7-8-25(42-24)37-16-33-26-27(30)31-15-32-28(26)37)20-9-18(10-20)3-6-23-34-21-5-4-19(11-22(21)35-23)29(12-39,13-40)14-41/h4-5,11,15-18,20,24-25,36,39-41H,3,6-10,12-14H2,1-2H3,(H,34,35)(H2,30,31,32). The highest BCUT2D eigenvalue weighted by atomic mass is 16.5. The van der Waals surface area contributed by atoms with Gasteiger partial charge < -0.3 is 30.8 Å². The van der Waals surface area contributed by atoms with E-state index in [0.29, 0.717) is 40.5 Å². The molecule has 4 aromatic rings. The maximum Gasteiger partial charge on any atom is 0.167 e. The summed E-state index contributed by atoms with van der Waals surface area (Å²) in [6.07, 6.45) is 8.79. The summed E-state index contributed by atoms with van der Waals surface area (Å²) in [5.41, 5.74) is 12.2. The zero-order valence-corrected chi connectivity index (χ0v) is 24.1. The van der Waals surface area contributed by atoms with E-state index in [1.54, 1.807) is 6.33 Å². The molecular formula is C29H41N9O4. The average molecular weight is 580 g/mol. The Kier molecular flexibility index (Phi) is 8.13. The van der Waals surface area contributed by atoms with Crippen molar-refractivity contribution in [2.24, 2.45) is 5.92 Å². The molecule has 2 unspecified atom stereocenters. The summed E-state index contributed by atoms with van der Waals surface area (Å²) >= 11 is 0. The molecule has 42 heavy (non-hydrogen) atoms. The first-order chi connectivity index (χ1) is 20.3. The molecule has 0 amide bonds. The van der Waals surface area contributed by atoms with Gasteiger partial charge in [0, 0.05) is 18.5 Å². The predicted octanol–water partition coefficient (Wildman–Crippen LogP) is 1.76. The van der Waals surface area contributed by atoms with Crippen molar-refractivity contribution in [2.45, 2.75) is 82.3 Å². The van der Waals surface area contributed by atoms with E-state index in [2.05, 4.69) is 44.2 Å². The van der Waals surface area contributed by atoms with E-state index in [1.807, 2.05) is 22.8 Å². The Hall–Kier alpha value is -3.20. The molecule has 2 aliphatic rings. The molecule has 1 saturated carbocycles. The minimum Gasteiger partial charge on any atom is -0.395 e. The SMILES string of the molecule is CC(C)N(NC1CCC(n2cnc3c(N)ncnc32)O1)C1CC(CCc2nc3ccc(C(CO)(CO)CO)cc3[nH]2)C1. The lowest BCUT2D eigenvalue weighted by Gasteiger charge is -2.46. The number of aromatic nitrogens is 6. The van der Waals surface area contributed by atoms with Crippen LogP contribution in [0.5, 0.6) is 0 Å². The number of aryl methyl sites for hydroxylation is 1. The largest absolute Gasteiger partial charge is 0.395 e. The summed E-state index contributed by atoms with van der Waals surface area (Å²) in [6.45, 7) is 3.41. The fraction of sp³-hybridized carbons (Fsp3) is 0.586. The maximum atomic E-state index is 9.78. The Morgan fingerprint density at radius 2 is 1.93 bits per heavy atom. The second-order valence-corrected chi connectivity index (χ2v) is 12.1. The number of nitrogens with zero attached hydrogens (tertiary/aromatic N) is 6. The van der Waals surface area contributed by atoms with Gasteiger partial charge in [-0.3, -0.25) is 4.57 Å². The van der Waals surface area contributed by atoms with Gasteiger partial charge in [0.2, 0.25) is 0 Å². The summed E-state index contributed by atoms with van der Waals surface area (Å²) in [7, 11) is 0. The molecule has 6 rings (SSSR count). The first-order valence-corrected chi connectivity index (χ1v) is 14.8. The van der Waals surface area contributed by atoms with Gasteiger partial charge in [-0.05, 0) is 69.6 Å². The quantitative estimate of drug-likeness (QED) is 0.134. The highest BCUT2D eigenvalue weighted by Gasteiger charge is 2.38. The summed E-state index contributed by atoms with van der Waals surface area (Å²) in [4.78, 5) is 20.9. The second-order valence-electron chi connectivity index (χ2n) is 12.1. The van der Waals surface area contributed by atoms with Gasteiger partial charge in [-0.15, -0.1) is 0 Å². The number of nitrogens with two attached hydrogens (primary N) is 1. The highest BCUT2D eigenvalue weighted by Crippen LogP contribution is 2.37. The van der Waals surface area contributed by atoms with E-state index >= 15 is 0 Å². The molecule has 226 valence electrons. The zero-order valence-electron chi connectivity index (χ0n) is 24.1. The number of fused-ring (bicyclic) bond motifs is 2. The normalized spacial score (nSPS) is 23.0. The first-order valence-electron chi connectivity index (χ1n) is 14.8. The minimum atomic E-state index is -1.07. The van der Waals surface area contributed by atoms with E-state index in [1.165, 1.54) is 6.33 Å². The molecule has 7 N–H and O–H groups in total. The predicted molar refractivity (Wildman–Crippen MR) is 157 cm³/mol. The summed E-state index contributed by atoms with van der Waals surface area (Å²) < 4.78 is 8.32. The molecule has 1 aromatic carbocycles. The van der Waals surface area contributed by atoms with Crippen LogP contribution >= 0.6 is 0 Å². The van der Waals surface area contributed by atoms with Crippen LogP contribution in [0.2, 0.25) is 0 Å². The van der Waals surface area contributed by atoms with Gasteiger partial charge in [-0.25, -0.2) is 30.4 Å². The van der Waals surface area contributed by atoms with Crippen molar-refractivity contribution in [2.75, 3.05) is 25.6 Å². The lowest BCUT2D eigenvalue weighted by molar-refractivity contribution is -0.0882. The van der Waals surface area contributed by atoms with Gasteiger partial charge in [0.15, 0.2) is 11.5 Å². The zero-order chi connectivity index (χ0) is 29.4. The molecule has 1 saturated heterocycles. The maximum absolute atomic E-state index is 9.78. The van der Waals surface area contributed by atoms with Crippen LogP contribution in [0.25, 0.3) is 22.2 Å².